The molecule has 2 spiro atoms. The van der Waals surface area contributed by atoms with Crippen LogP contribution in [0.4, 0.5) is 0 Å². The Bertz CT molecular complexity index is 1730. The third-order valence-electron chi connectivity index (χ3n) is 12.7. The molecule has 0 amide bonds. The average molecular weight is 787 g/mol. The lowest BCUT2D eigenvalue weighted by Gasteiger charge is -2.56. The van der Waals surface area contributed by atoms with Crippen LogP contribution in [0.3, 0.4) is 0 Å². The van der Waals surface area contributed by atoms with E-state index in [1.807, 2.05) is 24.3 Å². The topological polar surface area (TPSA) is 316 Å². The third kappa shape index (κ3) is 6.27. The Kier molecular flexibility index (Phi) is 13.0. The second-order valence-corrected chi connectivity index (χ2v) is 15.6. The lowest BCUT2D eigenvalue weighted by atomic mass is 9.53. The first kappa shape index (κ1) is 45.0. The van der Waals surface area contributed by atoms with Crippen LogP contribution in [0.15, 0.2) is 48.6 Å². The number of aliphatic hydroxyl groups excluding tert-OH is 2. The summed E-state index contributed by atoms with van der Waals surface area (Å²) >= 11 is 0. The van der Waals surface area contributed by atoms with Crippen molar-refractivity contribution in [3.05, 3.63) is 70.8 Å². The van der Waals surface area contributed by atoms with Crippen molar-refractivity contribution < 1.29 is 74.1 Å². The first-order chi connectivity index (χ1) is 23.3. The zero-order valence-corrected chi connectivity index (χ0v) is 31.3. The first-order valence-corrected chi connectivity index (χ1v) is 18.3. The van der Waals surface area contributed by atoms with Gasteiger partial charge in [0, 0.05) is 45.9 Å². The minimum atomic E-state index is -4.67. The number of piperidine rings is 2. The number of nitrogens with zero attached hydrogens (tertiary/aromatic N) is 2. The number of likely N-dealkylation sites (N-methyl/N-ethyl adjacent to an activating group) is 2. The lowest BCUT2D eigenvalue weighted by Crippen LogP contribution is -2.64. The van der Waals surface area contributed by atoms with E-state index in [9.17, 15) is 10.2 Å². The molecule has 10 rings (SSSR count). The number of ether oxygens (including phenoxy) is 4. The fraction of sp³-hybridized carbons (Fsp3) is 0.556. The molecule has 2 saturated heterocycles. The second-order valence-electron chi connectivity index (χ2n) is 14.7. The Morgan fingerprint density at radius 3 is 1.35 bits per heavy atom. The largest absolute Gasteiger partial charge is 0.493 e. The van der Waals surface area contributed by atoms with Crippen molar-refractivity contribution in [3.63, 3.8) is 0 Å². The van der Waals surface area contributed by atoms with Crippen LogP contribution >= 0.6 is 0 Å². The predicted octanol–water partition coefficient (Wildman–Crippen LogP) is -1.77. The number of hydrogen-bond donors (Lipinski definition) is 4. The maximum Gasteiger partial charge on any atom is 0.394 e. The number of likely N-dealkylation sites (tertiary alicyclic amines) is 2. The molecule has 54 heavy (non-hydrogen) atoms. The Morgan fingerprint density at radius 2 is 1.02 bits per heavy atom. The van der Waals surface area contributed by atoms with Gasteiger partial charge in [-0.3, -0.25) is 9.11 Å². The van der Waals surface area contributed by atoms with Crippen molar-refractivity contribution in [2.24, 2.45) is 11.8 Å². The average Bonchev–Trinajstić information content (AvgIpc) is 3.60. The number of aliphatic hydroxyl groups is 2. The van der Waals surface area contributed by atoms with E-state index in [1.165, 1.54) is 22.3 Å². The molecule has 14 N–H and O–H groups in total. The molecule has 10 atom stereocenters. The molecule has 8 aliphatic rings. The van der Waals surface area contributed by atoms with Crippen molar-refractivity contribution in [1.29, 1.82) is 0 Å². The smallest absolute Gasteiger partial charge is 0.394 e. The van der Waals surface area contributed by atoms with Crippen LogP contribution in [-0.2, 0) is 34.1 Å². The minimum Gasteiger partial charge on any atom is -0.493 e. The molecule has 2 fully saturated rings. The molecule has 2 aromatic rings. The molecule has 0 aromatic heterocycles. The molecule has 0 radical (unpaired) electrons. The van der Waals surface area contributed by atoms with E-state index in [4.69, 9.17) is 36.5 Å². The summed E-state index contributed by atoms with van der Waals surface area (Å²) in [5.41, 5.74) is 5.21. The Labute approximate surface area is 313 Å². The third-order valence-corrected chi connectivity index (χ3v) is 12.7. The molecular formula is C36H54N2O15S. The first-order valence-electron chi connectivity index (χ1n) is 16.9. The Balaban J connectivity index is 0.000000239. The number of hydrogen-bond acceptors (Lipinski definition) is 10. The summed E-state index contributed by atoms with van der Waals surface area (Å²) in [6.07, 6.45) is 11.1. The van der Waals surface area contributed by atoms with Crippen LogP contribution < -0.4 is 18.9 Å². The highest BCUT2D eigenvalue weighted by atomic mass is 32.3. The molecule has 18 heteroatoms. The summed E-state index contributed by atoms with van der Waals surface area (Å²) in [7, 11) is 3.15. The van der Waals surface area contributed by atoms with Gasteiger partial charge in [-0.2, -0.15) is 8.42 Å². The standard InChI is InChI=1S/2C18H21NO3.H2O4S.5H2O/c2*1-19-8-7-18-11-4-5-13(20)17(18)22-16-14(21-2)6-3-10(15(16)18)9-12(11)19;1-5(2,3)4;;;;;/h2*3-6,11-13,17,20H,7-9H2,1-2H3;(H2,1,2,3,4);5*1H2. The van der Waals surface area contributed by atoms with Crippen LogP contribution in [0.2, 0.25) is 0 Å². The minimum absolute atomic E-state index is 0. The maximum atomic E-state index is 10.6. The van der Waals surface area contributed by atoms with Gasteiger partial charge in [0.25, 0.3) is 0 Å². The van der Waals surface area contributed by atoms with Gasteiger partial charge in [-0.25, -0.2) is 0 Å². The van der Waals surface area contributed by atoms with Gasteiger partial charge < -0.3 is 66.3 Å². The summed E-state index contributed by atoms with van der Waals surface area (Å²) in [5, 5.41) is 21.1. The van der Waals surface area contributed by atoms with Crippen molar-refractivity contribution in [3.8, 4) is 23.0 Å². The second kappa shape index (κ2) is 15.6. The van der Waals surface area contributed by atoms with Gasteiger partial charge >= 0.3 is 10.4 Å². The fourth-order valence-corrected chi connectivity index (χ4v) is 10.8. The predicted molar refractivity (Wildman–Crippen MR) is 197 cm³/mol. The molecule has 4 heterocycles. The summed E-state index contributed by atoms with van der Waals surface area (Å²) in [6, 6.07) is 9.40. The van der Waals surface area contributed by atoms with Gasteiger partial charge in [-0.05, 0) is 76.1 Å². The van der Waals surface area contributed by atoms with Crippen molar-refractivity contribution >= 4 is 10.4 Å². The number of benzene rings is 2. The Hall–Kier alpha value is -3.37. The normalized spacial score (nSPS) is 34.5. The van der Waals surface area contributed by atoms with Crippen LogP contribution in [0, 0.1) is 11.8 Å². The summed E-state index contributed by atoms with van der Waals surface area (Å²) in [6.45, 7) is 2.11. The zero-order valence-electron chi connectivity index (χ0n) is 30.5. The number of rotatable bonds is 2. The molecule has 4 aliphatic carbocycles. The van der Waals surface area contributed by atoms with E-state index < -0.39 is 22.6 Å². The lowest BCUT2D eigenvalue weighted by molar-refractivity contribution is -0.0453. The molecule has 4 bridgehead atoms. The van der Waals surface area contributed by atoms with Gasteiger partial charge in [0.2, 0.25) is 0 Å². The molecular weight excluding hydrogens is 732 g/mol. The molecule has 304 valence electrons. The summed E-state index contributed by atoms with van der Waals surface area (Å²) in [4.78, 5) is 4.94. The molecule has 0 saturated carbocycles. The highest BCUT2D eigenvalue weighted by Gasteiger charge is 2.65. The van der Waals surface area contributed by atoms with Gasteiger partial charge in [-0.15, -0.1) is 0 Å². The number of methoxy groups -OCH3 is 2. The van der Waals surface area contributed by atoms with Crippen molar-refractivity contribution in [2.75, 3.05) is 41.4 Å². The Morgan fingerprint density at radius 1 is 0.667 bits per heavy atom. The van der Waals surface area contributed by atoms with Gasteiger partial charge in [0.15, 0.2) is 23.0 Å². The van der Waals surface area contributed by atoms with E-state index in [-0.39, 0.29) is 50.4 Å². The highest BCUT2D eigenvalue weighted by Crippen LogP contribution is 2.64. The summed E-state index contributed by atoms with van der Waals surface area (Å²) in [5.74, 6) is 4.18. The summed E-state index contributed by atoms with van der Waals surface area (Å²) < 4.78 is 55.3. The van der Waals surface area contributed by atoms with E-state index >= 15 is 0 Å². The SMILES string of the molecule is COc1ccc2c3c1OC1C(O)C=CC4C(C2)N(C)CCC341.COc1ccc2c3c1OC1C(O)C=CC4C(C2)N(C)CCC341.O.O.O.O.O.O=S(=O)(O)O. The molecule has 17 nitrogen and oxygen atoms in total. The molecule has 4 aliphatic heterocycles. The van der Waals surface area contributed by atoms with Gasteiger partial charge in [0.1, 0.15) is 24.4 Å². The quantitative estimate of drug-likeness (QED) is 0.194. The van der Waals surface area contributed by atoms with Crippen molar-refractivity contribution in [2.45, 2.75) is 73.0 Å². The van der Waals surface area contributed by atoms with E-state index in [1.54, 1.807) is 14.2 Å². The van der Waals surface area contributed by atoms with E-state index in [0.29, 0.717) is 23.9 Å². The maximum absolute atomic E-state index is 10.6. The van der Waals surface area contributed by atoms with Crippen LogP contribution in [0.1, 0.15) is 35.1 Å². The van der Waals surface area contributed by atoms with Crippen LogP contribution in [0.5, 0.6) is 23.0 Å². The zero-order chi connectivity index (χ0) is 34.6. The molecule has 2 aromatic carbocycles. The van der Waals surface area contributed by atoms with E-state index in [0.717, 1.165) is 61.8 Å². The van der Waals surface area contributed by atoms with E-state index in [2.05, 4.69) is 48.2 Å². The molecule has 10 unspecified atom stereocenters. The van der Waals surface area contributed by atoms with Gasteiger partial charge in [0.05, 0.1) is 14.2 Å². The van der Waals surface area contributed by atoms with Crippen molar-refractivity contribution in [1.82, 2.24) is 9.80 Å². The van der Waals surface area contributed by atoms with Crippen LogP contribution in [0.25, 0.3) is 0 Å². The fourth-order valence-electron chi connectivity index (χ4n) is 10.8. The van der Waals surface area contributed by atoms with Gasteiger partial charge in [-0.1, -0.05) is 36.4 Å². The van der Waals surface area contributed by atoms with Crippen LogP contribution in [-0.4, -0.2) is 143 Å². The monoisotopic (exact) mass is 786 g/mol. The highest BCUT2D eigenvalue weighted by molar-refractivity contribution is 7.79.